The van der Waals surface area contributed by atoms with E-state index in [1.54, 1.807) is 0 Å². The van der Waals surface area contributed by atoms with Crippen LogP contribution in [-0.4, -0.2) is 51.5 Å². The molecule has 1 saturated heterocycles. The number of nitrogens with zero attached hydrogens (tertiary/aromatic N) is 1. The first-order chi connectivity index (χ1) is 11.9. The average Bonchev–Trinajstić information content (AvgIpc) is 3.08. The lowest BCUT2D eigenvalue weighted by Gasteiger charge is -2.28. The van der Waals surface area contributed by atoms with E-state index >= 15 is 0 Å². The lowest BCUT2D eigenvalue weighted by molar-refractivity contribution is -0.149. The third kappa shape index (κ3) is 5.22. The molecule has 0 aliphatic carbocycles. The van der Waals surface area contributed by atoms with Gasteiger partial charge in [0, 0.05) is 12.2 Å². The molecule has 6 nitrogen and oxygen atoms in total. The van der Waals surface area contributed by atoms with Gasteiger partial charge in [-0.2, -0.15) is 0 Å². The summed E-state index contributed by atoms with van der Waals surface area (Å²) in [6, 6.07) is 8.15. The van der Waals surface area contributed by atoms with Gasteiger partial charge in [-0.15, -0.1) is 11.8 Å². The lowest BCUT2D eigenvalue weighted by atomic mass is 10.0. The third-order valence-corrected chi connectivity index (χ3v) is 5.20. The van der Waals surface area contributed by atoms with Crippen molar-refractivity contribution in [3.05, 3.63) is 35.9 Å². The second kappa shape index (κ2) is 8.89. The number of hydrogen-bond acceptors (Lipinski definition) is 4. The summed E-state index contributed by atoms with van der Waals surface area (Å²) in [5.74, 6) is -0.910. The van der Waals surface area contributed by atoms with Crippen molar-refractivity contribution < 1.29 is 19.5 Å². The number of carbonyl (C=O) groups is 3. The Labute approximate surface area is 152 Å². The predicted molar refractivity (Wildman–Crippen MR) is 97.1 cm³/mol. The molecule has 1 fully saturated rings. The van der Waals surface area contributed by atoms with Gasteiger partial charge in [0.25, 0.3) is 0 Å². The van der Waals surface area contributed by atoms with E-state index in [-0.39, 0.29) is 24.2 Å². The maximum atomic E-state index is 12.7. The first-order valence-corrected chi connectivity index (χ1v) is 9.50. The summed E-state index contributed by atoms with van der Waals surface area (Å²) in [5, 5.41) is 12.0. The third-order valence-electron chi connectivity index (χ3n) is 4.18. The Morgan fingerprint density at radius 2 is 1.96 bits per heavy atom. The van der Waals surface area contributed by atoms with E-state index < -0.39 is 18.1 Å². The van der Waals surface area contributed by atoms with Crippen LogP contribution in [-0.2, 0) is 20.8 Å². The highest BCUT2D eigenvalue weighted by Crippen LogP contribution is 2.23. The normalized spacial score (nSPS) is 18.2. The highest BCUT2D eigenvalue weighted by atomic mass is 32.2. The van der Waals surface area contributed by atoms with Crippen LogP contribution in [0.15, 0.2) is 30.3 Å². The van der Waals surface area contributed by atoms with Crippen LogP contribution in [0.4, 0.5) is 0 Å². The van der Waals surface area contributed by atoms with Gasteiger partial charge in [0.15, 0.2) is 0 Å². The standard InChI is InChI=1S/C18H24N2O4S/c1-12(2)16(17(22)20-11-25-10-14(20)18(23)24)19-15(21)9-8-13-6-4-3-5-7-13/h3-7,12,14,16H,8-11H2,1-2H3,(H,19,21)(H,23,24)/t14-,16-/m0/s1. The highest BCUT2D eigenvalue weighted by molar-refractivity contribution is 7.99. The number of carboxylic acids is 1. The molecule has 1 aliphatic heterocycles. The molecule has 2 atom stereocenters. The molecule has 0 unspecified atom stereocenters. The first-order valence-electron chi connectivity index (χ1n) is 8.34. The molecular weight excluding hydrogens is 340 g/mol. The number of rotatable bonds is 7. The van der Waals surface area contributed by atoms with E-state index in [1.807, 2.05) is 44.2 Å². The summed E-state index contributed by atoms with van der Waals surface area (Å²) in [6.07, 6.45) is 0.890. The molecule has 0 saturated carbocycles. The van der Waals surface area contributed by atoms with Gasteiger partial charge in [-0.05, 0) is 17.9 Å². The smallest absolute Gasteiger partial charge is 0.327 e. The van der Waals surface area contributed by atoms with Crippen molar-refractivity contribution in [3.8, 4) is 0 Å². The van der Waals surface area contributed by atoms with E-state index in [9.17, 15) is 19.5 Å². The van der Waals surface area contributed by atoms with E-state index in [0.717, 1.165) is 5.56 Å². The number of amides is 2. The van der Waals surface area contributed by atoms with Crippen LogP contribution in [0.25, 0.3) is 0 Å². The van der Waals surface area contributed by atoms with Crippen molar-refractivity contribution >= 4 is 29.5 Å². The van der Waals surface area contributed by atoms with E-state index in [1.165, 1.54) is 16.7 Å². The quantitative estimate of drug-likeness (QED) is 0.770. The van der Waals surface area contributed by atoms with Gasteiger partial charge in [0.2, 0.25) is 11.8 Å². The maximum Gasteiger partial charge on any atom is 0.327 e. The molecule has 136 valence electrons. The van der Waals surface area contributed by atoms with Gasteiger partial charge >= 0.3 is 5.97 Å². The van der Waals surface area contributed by atoms with Gasteiger partial charge in [-0.25, -0.2) is 4.79 Å². The number of aryl methyl sites for hydroxylation is 1. The minimum Gasteiger partial charge on any atom is -0.480 e. The molecule has 1 aromatic carbocycles. The SMILES string of the molecule is CC(C)[C@H](NC(=O)CCc1ccccc1)C(=O)N1CSC[C@H]1C(=O)O. The average molecular weight is 364 g/mol. The molecule has 0 aromatic heterocycles. The Morgan fingerprint density at radius 3 is 2.56 bits per heavy atom. The van der Waals surface area contributed by atoms with Crippen LogP contribution >= 0.6 is 11.8 Å². The summed E-state index contributed by atoms with van der Waals surface area (Å²) >= 11 is 1.41. The summed E-state index contributed by atoms with van der Waals surface area (Å²) < 4.78 is 0. The molecule has 0 spiro atoms. The van der Waals surface area contributed by atoms with E-state index in [2.05, 4.69) is 5.32 Å². The van der Waals surface area contributed by atoms with Crippen LogP contribution in [0.1, 0.15) is 25.8 Å². The zero-order chi connectivity index (χ0) is 18.4. The molecular formula is C18H24N2O4S. The fraction of sp³-hybridized carbons (Fsp3) is 0.500. The number of thioether (sulfide) groups is 1. The van der Waals surface area contributed by atoms with Gasteiger partial charge in [0.05, 0.1) is 5.88 Å². The Balaban J connectivity index is 1.96. The second-order valence-corrected chi connectivity index (χ2v) is 7.44. The van der Waals surface area contributed by atoms with Crippen molar-refractivity contribution in [2.45, 2.75) is 38.8 Å². The Bertz CT molecular complexity index is 621. The van der Waals surface area contributed by atoms with Crippen molar-refractivity contribution in [2.24, 2.45) is 5.92 Å². The zero-order valence-electron chi connectivity index (χ0n) is 14.5. The van der Waals surface area contributed by atoms with Gasteiger partial charge in [-0.3, -0.25) is 9.59 Å². The number of benzene rings is 1. The van der Waals surface area contributed by atoms with Crippen LogP contribution in [0.5, 0.6) is 0 Å². The number of aliphatic carboxylic acids is 1. The molecule has 1 aromatic rings. The lowest BCUT2D eigenvalue weighted by Crippen LogP contribution is -2.54. The van der Waals surface area contributed by atoms with Crippen molar-refractivity contribution in [1.82, 2.24) is 10.2 Å². The topological polar surface area (TPSA) is 86.7 Å². The Kier molecular flexibility index (Phi) is 6.87. The van der Waals surface area contributed by atoms with Crippen LogP contribution < -0.4 is 5.32 Å². The van der Waals surface area contributed by atoms with Crippen LogP contribution in [0, 0.1) is 5.92 Å². The molecule has 25 heavy (non-hydrogen) atoms. The molecule has 0 bridgehead atoms. The molecule has 2 rings (SSSR count). The number of carboxylic acid groups (broad SMARTS) is 1. The van der Waals surface area contributed by atoms with E-state index in [4.69, 9.17) is 0 Å². The maximum absolute atomic E-state index is 12.7. The molecule has 0 radical (unpaired) electrons. The van der Waals surface area contributed by atoms with Gasteiger partial charge < -0.3 is 15.3 Å². The highest BCUT2D eigenvalue weighted by Gasteiger charge is 2.38. The first kappa shape index (κ1) is 19.3. The molecule has 2 N–H and O–H groups in total. The zero-order valence-corrected chi connectivity index (χ0v) is 15.3. The Hall–Kier alpha value is -2.02. The van der Waals surface area contributed by atoms with Crippen molar-refractivity contribution in [2.75, 3.05) is 11.6 Å². The van der Waals surface area contributed by atoms with Gasteiger partial charge in [-0.1, -0.05) is 44.2 Å². The molecule has 1 aliphatic rings. The van der Waals surface area contributed by atoms with Crippen LogP contribution in [0.3, 0.4) is 0 Å². The molecule has 1 heterocycles. The summed E-state index contributed by atoms with van der Waals surface area (Å²) in [5.41, 5.74) is 1.06. The minimum absolute atomic E-state index is 0.117. The second-order valence-electron chi connectivity index (χ2n) is 6.44. The Morgan fingerprint density at radius 1 is 1.28 bits per heavy atom. The fourth-order valence-corrected chi connectivity index (χ4v) is 3.86. The van der Waals surface area contributed by atoms with Crippen LogP contribution in [0.2, 0.25) is 0 Å². The predicted octanol–water partition coefficient (Wildman–Crippen LogP) is 1.75. The monoisotopic (exact) mass is 364 g/mol. The largest absolute Gasteiger partial charge is 0.480 e. The summed E-state index contributed by atoms with van der Waals surface area (Å²) in [6.45, 7) is 3.69. The van der Waals surface area contributed by atoms with Crippen molar-refractivity contribution in [3.63, 3.8) is 0 Å². The van der Waals surface area contributed by atoms with E-state index in [0.29, 0.717) is 18.1 Å². The number of carbonyl (C=O) groups excluding carboxylic acids is 2. The summed E-state index contributed by atoms with van der Waals surface area (Å²) in [4.78, 5) is 37.7. The summed E-state index contributed by atoms with van der Waals surface area (Å²) in [7, 11) is 0. The fourth-order valence-electron chi connectivity index (χ4n) is 2.70. The number of hydrogen-bond donors (Lipinski definition) is 2. The van der Waals surface area contributed by atoms with Crippen molar-refractivity contribution in [1.29, 1.82) is 0 Å². The van der Waals surface area contributed by atoms with Gasteiger partial charge in [0.1, 0.15) is 12.1 Å². The number of nitrogens with one attached hydrogen (secondary N) is 1. The molecule has 7 heteroatoms. The minimum atomic E-state index is -1.00. The molecule has 2 amide bonds.